The first-order valence-corrected chi connectivity index (χ1v) is 7.90. The summed E-state index contributed by atoms with van der Waals surface area (Å²) >= 11 is 0. The largest absolute Gasteiger partial charge is 0.494 e. The Morgan fingerprint density at radius 1 is 1.04 bits per heavy atom. The van der Waals surface area contributed by atoms with Gasteiger partial charge in [-0.15, -0.1) is 0 Å². The van der Waals surface area contributed by atoms with Crippen molar-refractivity contribution < 1.29 is 22.7 Å². The summed E-state index contributed by atoms with van der Waals surface area (Å²) in [6, 6.07) is 12.0. The van der Waals surface area contributed by atoms with E-state index in [-0.39, 0.29) is 0 Å². The molecule has 0 aromatic heterocycles. The Hall–Kier alpha value is -3.02. The van der Waals surface area contributed by atoms with Crippen LogP contribution in [0.25, 0.3) is 5.57 Å². The highest BCUT2D eigenvalue weighted by atomic mass is 19.4. The fourth-order valence-corrected chi connectivity index (χ4v) is 2.33. The molecule has 0 fully saturated rings. The topological polar surface area (TPSA) is 52.3 Å². The maximum absolute atomic E-state index is 12.8. The minimum absolute atomic E-state index is 0.530. The molecule has 0 unspecified atom stereocenters. The molecule has 1 amide bonds. The number of carbonyl (C=O) groups excluding carboxylic acids is 1. The monoisotopic (exact) mass is 361 g/mol. The third-order valence-corrected chi connectivity index (χ3v) is 3.52. The molecule has 0 radical (unpaired) electrons. The van der Waals surface area contributed by atoms with Gasteiger partial charge >= 0.3 is 6.18 Å². The molecule has 26 heavy (non-hydrogen) atoms. The predicted octanol–water partition coefficient (Wildman–Crippen LogP) is 4.58. The molecule has 136 valence electrons. The highest BCUT2D eigenvalue weighted by Gasteiger charge is 2.30. The lowest BCUT2D eigenvalue weighted by Gasteiger charge is -2.11. The van der Waals surface area contributed by atoms with Crippen LogP contribution >= 0.6 is 0 Å². The van der Waals surface area contributed by atoms with Crippen molar-refractivity contribution in [2.45, 2.75) is 13.1 Å². The highest BCUT2D eigenvalue weighted by molar-refractivity contribution is 5.87. The van der Waals surface area contributed by atoms with E-state index in [4.69, 9.17) is 10.5 Å². The van der Waals surface area contributed by atoms with Gasteiger partial charge in [-0.1, -0.05) is 36.4 Å². The van der Waals surface area contributed by atoms with Crippen LogP contribution in [-0.4, -0.2) is 12.5 Å². The number of benzene rings is 2. The third kappa shape index (κ3) is 5.24. The van der Waals surface area contributed by atoms with Crippen molar-refractivity contribution in [3.8, 4) is 5.75 Å². The van der Waals surface area contributed by atoms with Crippen molar-refractivity contribution in [1.82, 2.24) is 0 Å². The van der Waals surface area contributed by atoms with Crippen LogP contribution in [0.15, 0.2) is 66.8 Å². The zero-order chi connectivity index (χ0) is 19.2. The van der Waals surface area contributed by atoms with Crippen molar-refractivity contribution in [2.75, 3.05) is 6.61 Å². The van der Waals surface area contributed by atoms with Gasteiger partial charge in [0.05, 0.1) is 12.2 Å². The zero-order valence-corrected chi connectivity index (χ0v) is 14.1. The number of allylic oxidation sites excluding steroid dienone is 2. The molecule has 2 aromatic carbocycles. The Kier molecular flexibility index (Phi) is 6.22. The summed E-state index contributed by atoms with van der Waals surface area (Å²) in [5.41, 5.74) is 6.36. The van der Waals surface area contributed by atoms with E-state index in [0.29, 0.717) is 23.5 Å². The Bertz CT molecular complexity index is 804. The standard InChI is InChI=1S/C20H18F3NO2/c1-2-26-17-12-8-15(9-13-17)18(4-3-5-19(24)25)14-6-10-16(11-7-14)20(21,22)23/h3-13H,2H2,1H3,(H2,24,25). The number of carbonyl (C=O) groups is 1. The average Bonchev–Trinajstić information content (AvgIpc) is 2.59. The summed E-state index contributed by atoms with van der Waals surface area (Å²) in [6.07, 6.45) is -0.124. The molecule has 2 rings (SSSR count). The minimum atomic E-state index is -4.40. The number of halogens is 3. The number of hydrogen-bond donors (Lipinski definition) is 1. The lowest BCUT2D eigenvalue weighted by atomic mass is 9.96. The van der Waals surface area contributed by atoms with Gasteiger partial charge in [0.2, 0.25) is 5.91 Å². The highest BCUT2D eigenvalue weighted by Crippen LogP contribution is 2.31. The fourth-order valence-electron chi connectivity index (χ4n) is 2.33. The predicted molar refractivity (Wildman–Crippen MR) is 94.5 cm³/mol. The summed E-state index contributed by atoms with van der Waals surface area (Å²) in [4.78, 5) is 10.9. The second-order valence-electron chi connectivity index (χ2n) is 5.37. The molecule has 0 aliphatic carbocycles. The van der Waals surface area contributed by atoms with Crippen LogP contribution < -0.4 is 10.5 Å². The van der Waals surface area contributed by atoms with Crippen LogP contribution in [0, 0.1) is 0 Å². The third-order valence-electron chi connectivity index (χ3n) is 3.52. The van der Waals surface area contributed by atoms with Crippen LogP contribution in [0.5, 0.6) is 5.75 Å². The molecular formula is C20H18F3NO2. The van der Waals surface area contributed by atoms with E-state index in [1.54, 1.807) is 30.3 Å². The second kappa shape index (κ2) is 8.38. The zero-order valence-electron chi connectivity index (χ0n) is 14.1. The van der Waals surface area contributed by atoms with Crippen LogP contribution in [0.2, 0.25) is 0 Å². The van der Waals surface area contributed by atoms with E-state index in [2.05, 4.69) is 0 Å². The summed E-state index contributed by atoms with van der Waals surface area (Å²) in [6.45, 7) is 2.40. The SMILES string of the molecule is CCOc1ccc(C(=CC=CC(N)=O)c2ccc(C(F)(F)F)cc2)cc1. The van der Waals surface area contributed by atoms with Gasteiger partial charge in [-0.2, -0.15) is 13.2 Å². The van der Waals surface area contributed by atoms with E-state index in [1.807, 2.05) is 6.92 Å². The van der Waals surface area contributed by atoms with Gasteiger partial charge in [0, 0.05) is 6.08 Å². The van der Waals surface area contributed by atoms with Crippen molar-refractivity contribution in [3.05, 3.63) is 83.4 Å². The van der Waals surface area contributed by atoms with Gasteiger partial charge in [-0.05, 0) is 47.9 Å². The van der Waals surface area contributed by atoms with Crippen LogP contribution in [-0.2, 0) is 11.0 Å². The maximum atomic E-state index is 12.8. The van der Waals surface area contributed by atoms with Crippen LogP contribution in [0.1, 0.15) is 23.6 Å². The summed E-state index contributed by atoms with van der Waals surface area (Å²) in [5.74, 6) is 0.0791. The van der Waals surface area contributed by atoms with E-state index >= 15 is 0 Å². The van der Waals surface area contributed by atoms with E-state index in [0.717, 1.165) is 17.7 Å². The number of ether oxygens (including phenoxy) is 1. The second-order valence-corrected chi connectivity index (χ2v) is 5.37. The molecule has 6 heteroatoms. The van der Waals surface area contributed by atoms with Gasteiger partial charge in [-0.3, -0.25) is 4.79 Å². The first kappa shape index (κ1) is 19.3. The Balaban J connectivity index is 2.42. The fraction of sp³-hybridized carbons (Fsp3) is 0.150. The lowest BCUT2D eigenvalue weighted by Crippen LogP contribution is -2.05. The van der Waals surface area contributed by atoms with E-state index < -0.39 is 17.6 Å². The van der Waals surface area contributed by atoms with Crippen molar-refractivity contribution in [1.29, 1.82) is 0 Å². The molecular weight excluding hydrogens is 343 g/mol. The lowest BCUT2D eigenvalue weighted by molar-refractivity contribution is -0.137. The molecule has 2 aromatic rings. The molecule has 0 spiro atoms. The molecule has 3 nitrogen and oxygen atoms in total. The summed E-state index contributed by atoms with van der Waals surface area (Å²) in [5, 5.41) is 0. The first-order chi connectivity index (χ1) is 12.3. The smallest absolute Gasteiger partial charge is 0.416 e. The van der Waals surface area contributed by atoms with Crippen LogP contribution in [0.3, 0.4) is 0 Å². The minimum Gasteiger partial charge on any atom is -0.494 e. The van der Waals surface area contributed by atoms with E-state index in [1.165, 1.54) is 24.3 Å². The number of alkyl halides is 3. The maximum Gasteiger partial charge on any atom is 0.416 e. The van der Waals surface area contributed by atoms with Crippen molar-refractivity contribution >= 4 is 11.5 Å². The molecule has 0 bridgehead atoms. The molecule has 0 saturated carbocycles. The normalized spacial score (nSPS) is 12.4. The molecule has 0 aliphatic heterocycles. The molecule has 0 atom stereocenters. The van der Waals surface area contributed by atoms with Gasteiger partial charge in [0.25, 0.3) is 0 Å². The van der Waals surface area contributed by atoms with E-state index in [9.17, 15) is 18.0 Å². The van der Waals surface area contributed by atoms with Gasteiger partial charge < -0.3 is 10.5 Å². The number of primary amides is 1. The Morgan fingerprint density at radius 3 is 2.04 bits per heavy atom. The van der Waals surface area contributed by atoms with Gasteiger partial charge in [-0.25, -0.2) is 0 Å². The van der Waals surface area contributed by atoms with Crippen molar-refractivity contribution in [3.63, 3.8) is 0 Å². The van der Waals surface area contributed by atoms with Gasteiger partial charge in [0.1, 0.15) is 5.75 Å². The Labute approximate surface area is 149 Å². The number of hydrogen-bond acceptors (Lipinski definition) is 2. The summed E-state index contributed by atoms with van der Waals surface area (Å²) < 4.78 is 43.7. The van der Waals surface area contributed by atoms with Gasteiger partial charge in [0.15, 0.2) is 0 Å². The average molecular weight is 361 g/mol. The quantitative estimate of drug-likeness (QED) is 0.605. The molecule has 0 aliphatic rings. The van der Waals surface area contributed by atoms with Crippen molar-refractivity contribution in [2.24, 2.45) is 5.73 Å². The molecule has 0 saturated heterocycles. The summed E-state index contributed by atoms with van der Waals surface area (Å²) in [7, 11) is 0. The molecule has 0 heterocycles. The number of rotatable bonds is 6. The molecule has 2 N–H and O–H groups in total. The Morgan fingerprint density at radius 2 is 1.58 bits per heavy atom. The number of nitrogens with two attached hydrogens (primary N) is 1. The van der Waals surface area contributed by atoms with Crippen LogP contribution in [0.4, 0.5) is 13.2 Å². The first-order valence-electron chi connectivity index (χ1n) is 7.90. The number of amides is 1.